The van der Waals surface area contributed by atoms with Crippen LogP contribution in [0, 0.1) is 12.8 Å². The number of ether oxygens (including phenoxy) is 2. The molecule has 3 atom stereocenters. The second-order valence-corrected chi connectivity index (χ2v) is 13.5. The molecule has 1 N–H and O–H groups in total. The van der Waals surface area contributed by atoms with Crippen LogP contribution in [0.1, 0.15) is 57.6 Å². The van der Waals surface area contributed by atoms with Crippen molar-refractivity contribution in [3.63, 3.8) is 0 Å². The van der Waals surface area contributed by atoms with E-state index in [-0.39, 0.29) is 17.7 Å². The van der Waals surface area contributed by atoms with Gasteiger partial charge in [0, 0.05) is 23.4 Å². The van der Waals surface area contributed by atoms with Gasteiger partial charge in [-0.05, 0) is 64.8 Å². The molecule has 0 saturated carbocycles. The molecule has 42 heavy (non-hydrogen) atoms. The van der Waals surface area contributed by atoms with Gasteiger partial charge in [-0.2, -0.15) is 0 Å². The number of aliphatic carboxylic acids is 1. The summed E-state index contributed by atoms with van der Waals surface area (Å²) in [4.78, 5) is 52.9. The first-order valence-electron chi connectivity index (χ1n) is 13.3. The number of esters is 1. The number of nitrogens with zero attached hydrogens (tertiary/aromatic N) is 2. The van der Waals surface area contributed by atoms with Gasteiger partial charge in [-0.15, -0.1) is 0 Å². The normalized spacial score (nSPS) is 20.0. The fourth-order valence-corrected chi connectivity index (χ4v) is 6.72. The summed E-state index contributed by atoms with van der Waals surface area (Å²) in [5.41, 5.74) is -1.49. The maximum absolute atomic E-state index is 13.9. The van der Waals surface area contributed by atoms with Gasteiger partial charge in [-0.1, -0.05) is 35.9 Å². The lowest BCUT2D eigenvalue weighted by molar-refractivity contribution is -0.152. The Morgan fingerprint density at radius 1 is 1.10 bits per heavy atom. The number of carbonyl (C=O) groups is 4. The van der Waals surface area contributed by atoms with Crippen LogP contribution in [0.4, 0.5) is 4.79 Å². The van der Waals surface area contributed by atoms with Crippen molar-refractivity contribution in [3.05, 3.63) is 65.9 Å². The second-order valence-electron chi connectivity index (χ2n) is 11.6. The van der Waals surface area contributed by atoms with Gasteiger partial charge in [0.15, 0.2) is 0 Å². The number of amides is 2. The molecule has 11 nitrogen and oxygen atoms in total. The van der Waals surface area contributed by atoms with Crippen molar-refractivity contribution >= 4 is 44.9 Å². The lowest BCUT2D eigenvalue weighted by atomic mass is 9.79. The van der Waals surface area contributed by atoms with Gasteiger partial charge >= 0.3 is 18.0 Å². The summed E-state index contributed by atoms with van der Waals surface area (Å²) in [6.07, 6.45) is -0.481. The van der Waals surface area contributed by atoms with Crippen LogP contribution < -0.4 is 0 Å². The maximum Gasteiger partial charge on any atom is 0.418 e. The van der Waals surface area contributed by atoms with Gasteiger partial charge in [-0.3, -0.25) is 9.59 Å². The number of carboxylic acid groups (broad SMARTS) is 1. The van der Waals surface area contributed by atoms with Gasteiger partial charge in [0.25, 0.3) is 10.0 Å². The number of methoxy groups -OCH3 is 1. The number of fused-ring (bicyclic) bond motifs is 1. The van der Waals surface area contributed by atoms with Gasteiger partial charge < -0.3 is 14.6 Å². The predicted molar refractivity (Wildman–Crippen MR) is 152 cm³/mol. The van der Waals surface area contributed by atoms with Gasteiger partial charge in [0.2, 0.25) is 5.91 Å². The van der Waals surface area contributed by atoms with E-state index in [0.29, 0.717) is 21.4 Å². The predicted octanol–water partition coefficient (Wildman–Crippen LogP) is 4.46. The van der Waals surface area contributed by atoms with E-state index in [9.17, 15) is 32.7 Å². The van der Waals surface area contributed by atoms with Crippen LogP contribution in [0.2, 0.25) is 0 Å². The van der Waals surface area contributed by atoms with Crippen molar-refractivity contribution in [2.75, 3.05) is 7.11 Å². The summed E-state index contributed by atoms with van der Waals surface area (Å²) in [5, 5.41) is 10.6. The molecule has 12 heteroatoms. The average Bonchev–Trinajstić information content (AvgIpc) is 3.42. The summed E-state index contributed by atoms with van der Waals surface area (Å²) in [6.45, 7) is 7.85. The van der Waals surface area contributed by atoms with Gasteiger partial charge in [0.1, 0.15) is 11.1 Å². The molecular weight excluding hydrogens is 564 g/mol. The number of rotatable bonds is 7. The van der Waals surface area contributed by atoms with Crippen molar-refractivity contribution < 1.29 is 42.2 Å². The Hall–Kier alpha value is -4.19. The molecule has 4 rings (SSSR count). The molecule has 1 saturated heterocycles. The first-order valence-corrected chi connectivity index (χ1v) is 14.7. The molecule has 1 fully saturated rings. The van der Waals surface area contributed by atoms with Crippen molar-refractivity contribution in [2.24, 2.45) is 5.92 Å². The fourth-order valence-electron chi connectivity index (χ4n) is 5.34. The molecule has 2 heterocycles. The molecule has 224 valence electrons. The minimum atomic E-state index is -4.11. The number of hydrogen-bond acceptors (Lipinski definition) is 8. The van der Waals surface area contributed by atoms with Crippen LogP contribution in [0.3, 0.4) is 0 Å². The zero-order chi connectivity index (χ0) is 31.2. The highest BCUT2D eigenvalue weighted by molar-refractivity contribution is 7.90. The SMILES string of the molecule is COC(=O)CC(c1cn(S(=O)(=O)c2ccc(C)cc2)c2ccccc12)C1C[C@@](C)(C(=O)O)N(C(=O)OC(C)(C)C)C1=O. The van der Waals surface area contributed by atoms with Crippen molar-refractivity contribution in [1.82, 2.24) is 8.87 Å². The highest BCUT2D eigenvalue weighted by Crippen LogP contribution is 2.46. The minimum absolute atomic E-state index is 0.0383. The van der Waals surface area contributed by atoms with E-state index in [0.717, 1.165) is 9.54 Å². The molecule has 2 aromatic carbocycles. The molecule has 0 spiro atoms. The third-order valence-electron chi connectivity index (χ3n) is 7.47. The third-order valence-corrected chi connectivity index (χ3v) is 9.16. The first kappa shape index (κ1) is 30.8. The Labute approximate surface area is 244 Å². The lowest BCUT2D eigenvalue weighted by Crippen LogP contribution is -2.53. The van der Waals surface area contributed by atoms with E-state index in [2.05, 4.69) is 0 Å². The van der Waals surface area contributed by atoms with E-state index >= 15 is 0 Å². The second kappa shape index (κ2) is 10.9. The smallest absolute Gasteiger partial charge is 0.418 e. The minimum Gasteiger partial charge on any atom is -0.479 e. The Morgan fingerprint density at radius 2 is 1.71 bits per heavy atom. The van der Waals surface area contributed by atoms with E-state index in [4.69, 9.17) is 9.47 Å². The van der Waals surface area contributed by atoms with Gasteiger partial charge in [0.05, 0.1) is 23.9 Å². The van der Waals surface area contributed by atoms with E-state index in [1.165, 1.54) is 32.4 Å². The average molecular weight is 599 g/mol. The summed E-state index contributed by atoms with van der Waals surface area (Å²) in [5.74, 6) is -5.19. The van der Waals surface area contributed by atoms with E-state index < -0.39 is 56.9 Å². The van der Waals surface area contributed by atoms with Crippen LogP contribution in [0.5, 0.6) is 0 Å². The van der Waals surface area contributed by atoms with Crippen LogP contribution >= 0.6 is 0 Å². The molecule has 1 aliphatic heterocycles. The zero-order valence-corrected chi connectivity index (χ0v) is 25.1. The first-order chi connectivity index (χ1) is 19.5. The van der Waals surface area contributed by atoms with Crippen molar-refractivity contribution in [1.29, 1.82) is 0 Å². The number of para-hydroxylation sites is 1. The number of aryl methyl sites for hydroxylation is 1. The van der Waals surface area contributed by atoms with Crippen molar-refractivity contribution in [3.8, 4) is 0 Å². The van der Waals surface area contributed by atoms with Crippen LogP contribution in [-0.4, -0.2) is 64.6 Å². The Morgan fingerprint density at radius 3 is 2.29 bits per heavy atom. The molecule has 2 unspecified atom stereocenters. The monoisotopic (exact) mass is 598 g/mol. The van der Waals surface area contributed by atoms with Crippen LogP contribution in [0.25, 0.3) is 10.9 Å². The Bertz CT molecular complexity index is 1670. The highest BCUT2D eigenvalue weighted by atomic mass is 32.2. The van der Waals surface area contributed by atoms with E-state index in [1.54, 1.807) is 57.2 Å². The molecular formula is C30H34N2O9S. The number of carboxylic acids is 1. The van der Waals surface area contributed by atoms with E-state index in [1.807, 2.05) is 6.92 Å². The number of hydrogen-bond donors (Lipinski definition) is 1. The Balaban J connectivity index is 1.90. The zero-order valence-electron chi connectivity index (χ0n) is 24.3. The summed E-state index contributed by atoms with van der Waals surface area (Å²) in [6, 6.07) is 12.9. The third kappa shape index (κ3) is 5.50. The summed E-state index contributed by atoms with van der Waals surface area (Å²) >= 11 is 0. The number of aromatic nitrogens is 1. The molecule has 0 bridgehead atoms. The number of benzene rings is 2. The summed E-state index contributed by atoms with van der Waals surface area (Å²) < 4.78 is 38.9. The standard InChI is InChI=1S/C30H34N2O9S/c1-18-11-13-19(14-12-18)42(38,39)31-17-23(20-9-7-8-10-24(20)31)21(15-25(33)40-6)22-16-30(5,27(35)36)32(26(22)34)28(37)41-29(2,3)4/h7-14,17,21-22H,15-16H2,1-6H3,(H,35,36)/t21?,22?,30-/m0/s1. The van der Waals surface area contributed by atoms with Crippen LogP contribution in [0.15, 0.2) is 59.6 Å². The molecule has 2 amide bonds. The number of likely N-dealkylation sites (tertiary alicyclic amines) is 1. The summed E-state index contributed by atoms with van der Waals surface area (Å²) in [7, 11) is -2.93. The quantitative estimate of drug-likeness (QED) is 0.389. The maximum atomic E-state index is 13.9. The van der Waals surface area contributed by atoms with Crippen molar-refractivity contribution in [2.45, 2.75) is 69.4 Å². The number of carbonyl (C=O) groups excluding carboxylic acids is 3. The number of imide groups is 1. The lowest BCUT2D eigenvalue weighted by Gasteiger charge is -2.31. The molecule has 1 aliphatic rings. The largest absolute Gasteiger partial charge is 0.479 e. The van der Waals surface area contributed by atoms with Gasteiger partial charge in [-0.25, -0.2) is 26.9 Å². The fraction of sp³-hybridized carbons (Fsp3) is 0.400. The molecule has 0 aliphatic carbocycles. The molecule has 1 aromatic heterocycles. The molecule has 0 radical (unpaired) electrons. The topological polar surface area (TPSA) is 149 Å². The van der Waals surface area contributed by atoms with Crippen LogP contribution in [-0.2, 0) is 33.9 Å². The Kier molecular flexibility index (Phi) is 7.98. The highest BCUT2D eigenvalue weighted by Gasteiger charge is 2.59. The molecule has 3 aromatic rings.